The van der Waals surface area contributed by atoms with Crippen molar-refractivity contribution in [1.82, 2.24) is 10.6 Å². The predicted octanol–water partition coefficient (Wildman–Crippen LogP) is 3.92. The van der Waals surface area contributed by atoms with Crippen LogP contribution >= 0.6 is 24.0 Å². The van der Waals surface area contributed by atoms with Gasteiger partial charge in [0.15, 0.2) is 5.96 Å². The van der Waals surface area contributed by atoms with Crippen LogP contribution in [0.15, 0.2) is 53.5 Å². The molecule has 24 heavy (non-hydrogen) atoms. The number of halogens is 1. The Balaban J connectivity index is 0.00000288. The largest absolute Gasteiger partial charge is 0.357 e. The smallest absolute Gasteiger partial charge is 0.191 e. The number of aliphatic imine (C=N–C) groups is 1. The molecule has 0 aliphatic rings. The second kappa shape index (κ2) is 10.7. The minimum Gasteiger partial charge on any atom is -0.357 e. The lowest BCUT2D eigenvalue weighted by Crippen LogP contribution is -2.36. The van der Waals surface area contributed by atoms with Gasteiger partial charge in [-0.2, -0.15) is 5.26 Å². The first-order valence-electron chi connectivity index (χ1n) is 7.89. The van der Waals surface area contributed by atoms with Crippen molar-refractivity contribution in [3.05, 3.63) is 59.7 Å². The summed E-state index contributed by atoms with van der Waals surface area (Å²) in [5.41, 5.74) is 3.84. The van der Waals surface area contributed by atoms with Crippen LogP contribution in [-0.4, -0.2) is 19.0 Å². The highest BCUT2D eigenvalue weighted by molar-refractivity contribution is 14.0. The van der Waals surface area contributed by atoms with Crippen LogP contribution in [0, 0.1) is 11.3 Å². The third kappa shape index (κ3) is 5.53. The van der Waals surface area contributed by atoms with Crippen molar-refractivity contribution >= 4 is 29.9 Å². The van der Waals surface area contributed by atoms with Crippen molar-refractivity contribution < 1.29 is 0 Å². The Hall–Kier alpha value is -2.07. The molecule has 2 rings (SSSR count). The highest BCUT2D eigenvalue weighted by Gasteiger charge is 2.04. The third-order valence-corrected chi connectivity index (χ3v) is 3.42. The van der Waals surface area contributed by atoms with Crippen molar-refractivity contribution in [1.29, 1.82) is 5.26 Å². The van der Waals surface area contributed by atoms with Crippen molar-refractivity contribution in [2.45, 2.75) is 20.4 Å². The number of nitriles is 1. The molecule has 0 saturated carbocycles. The predicted molar refractivity (Wildman–Crippen MR) is 111 cm³/mol. The average molecular weight is 434 g/mol. The molecule has 2 N–H and O–H groups in total. The van der Waals surface area contributed by atoms with E-state index in [-0.39, 0.29) is 24.0 Å². The molecule has 0 unspecified atom stereocenters. The molecule has 0 saturated heterocycles. The van der Waals surface area contributed by atoms with Crippen LogP contribution in [0.25, 0.3) is 11.1 Å². The molecule has 0 amide bonds. The summed E-state index contributed by atoms with van der Waals surface area (Å²) in [5, 5.41) is 15.6. The molecule has 2 aromatic rings. The maximum atomic E-state index is 9.20. The van der Waals surface area contributed by atoms with Crippen molar-refractivity contribution in [2.75, 3.05) is 13.1 Å². The average Bonchev–Trinajstić information content (AvgIpc) is 2.60. The summed E-state index contributed by atoms with van der Waals surface area (Å²) in [6, 6.07) is 18.1. The fourth-order valence-electron chi connectivity index (χ4n) is 2.30. The van der Waals surface area contributed by atoms with Crippen molar-refractivity contribution in [2.24, 2.45) is 4.99 Å². The third-order valence-electron chi connectivity index (χ3n) is 3.42. The summed E-state index contributed by atoms with van der Waals surface area (Å²) >= 11 is 0. The van der Waals surface area contributed by atoms with Gasteiger partial charge in [0.25, 0.3) is 0 Å². The Morgan fingerprint density at radius 2 is 1.62 bits per heavy atom. The van der Waals surface area contributed by atoms with Gasteiger partial charge in [-0.3, -0.25) is 0 Å². The number of hydrogen-bond donors (Lipinski definition) is 2. The highest BCUT2D eigenvalue weighted by atomic mass is 127. The van der Waals surface area contributed by atoms with Gasteiger partial charge in [0.2, 0.25) is 0 Å². The van der Waals surface area contributed by atoms with Gasteiger partial charge in [0.05, 0.1) is 18.2 Å². The summed E-state index contributed by atoms with van der Waals surface area (Å²) in [7, 11) is 0. The molecule has 2 aromatic carbocycles. The van der Waals surface area contributed by atoms with E-state index in [0.29, 0.717) is 12.1 Å². The molecule has 0 aliphatic heterocycles. The van der Waals surface area contributed by atoms with E-state index in [1.54, 1.807) is 0 Å². The second-order valence-electron chi connectivity index (χ2n) is 5.08. The quantitative estimate of drug-likeness (QED) is 0.426. The lowest BCUT2D eigenvalue weighted by atomic mass is 9.99. The number of nitrogens with zero attached hydrogens (tertiary/aromatic N) is 2. The standard InChI is InChI=1S/C19H22N4.HI/c1-3-21-19(22-4-2)23-14-15-9-11-16(12-10-15)18-8-6-5-7-17(18)13-20;/h5-12H,3-4,14H2,1-2H3,(H2,21,22,23);1H. The van der Waals surface area contributed by atoms with E-state index in [4.69, 9.17) is 0 Å². The van der Waals surface area contributed by atoms with Crippen LogP contribution in [-0.2, 0) is 6.54 Å². The molecule has 0 fully saturated rings. The fourth-order valence-corrected chi connectivity index (χ4v) is 2.30. The number of guanidine groups is 1. The van der Waals surface area contributed by atoms with Crippen LogP contribution in [0.2, 0.25) is 0 Å². The van der Waals surface area contributed by atoms with E-state index in [9.17, 15) is 5.26 Å². The first-order valence-corrected chi connectivity index (χ1v) is 7.89. The van der Waals surface area contributed by atoms with Gasteiger partial charge in [0.1, 0.15) is 0 Å². The minimum atomic E-state index is 0. The summed E-state index contributed by atoms with van der Waals surface area (Å²) in [5.74, 6) is 0.828. The molecule has 0 heterocycles. The summed E-state index contributed by atoms with van der Waals surface area (Å²) in [4.78, 5) is 4.55. The maximum Gasteiger partial charge on any atom is 0.191 e. The molecular weight excluding hydrogens is 411 g/mol. The summed E-state index contributed by atoms with van der Waals surface area (Å²) in [6.07, 6.45) is 0. The van der Waals surface area contributed by atoms with Crippen LogP contribution < -0.4 is 10.6 Å². The van der Waals surface area contributed by atoms with E-state index >= 15 is 0 Å². The zero-order chi connectivity index (χ0) is 16.5. The van der Waals surface area contributed by atoms with Gasteiger partial charge >= 0.3 is 0 Å². The van der Waals surface area contributed by atoms with Gasteiger partial charge in [0, 0.05) is 13.1 Å². The zero-order valence-electron chi connectivity index (χ0n) is 14.0. The Labute approximate surface area is 161 Å². The van der Waals surface area contributed by atoms with Gasteiger partial charge < -0.3 is 10.6 Å². The number of benzene rings is 2. The molecule has 4 nitrogen and oxygen atoms in total. The Kier molecular flexibility index (Phi) is 8.87. The van der Waals surface area contributed by atoms with Gasteiger partial charge in [-0.25, -0.2) is 4.99 Å². The number of nitrogens with one attached hydrogen (secondary N) is 2. The molecule has 126 valence electrons. The van der Waals surface area contributed by atoms with E-state index in [1.165, 1.54) is 0 Å². The fraction of sp³-hybridized carbons (Fsp3) is 0.263. The second-order valence-corrected chi connectivity index (χ2v) is 5.08. The Morgan fingerprint density at radius 1 is 1.00 bits per heavy atom. The van der Waals surface area contributed by atoms with Crippen LogP contribution in [0.4, 0.5) is 0 Å². The summed E-state index contributed by atoms with van der Waals surface area (Å²) < 4.78 is 0. The number of rotatable bonds is 5. The molecular formula is C19H23IN4. The normalized spacial score (nSPS) is 9.38. The maximum absolute atomic E-state index is 9.20. The van der Waals surface area contributed by atoms with Crippen LogP contribution in [0.1, 0.15) is 25.0 Å². The monoisotopic (exact) mass is 434 g/mol. The first-order chi connectivity index (χ1) is 11.3. The van der Waals surface area contributed by atoms with Crippen LogP contribution in [0.5, 0.6) is 0 Å². The molecule has 0 spiro atoms. The lowest BCUT2D eigenvalue weighted by molar-refractivity contribution is 0.839. The van der Waals surface area contributed by atoms with Gasteiger partial charge in [-0.05, 0) is 36.6 Å². The van der Waals surface area contributed by atoms with E-state index < -0.39 is 0 Å². The van der Waals surface area contributed by atoms with Crippen LogP contribution in [0.3, 0.4) is 0 Å². The van der Waals surface area contributed by atoms with Crippen molar-refractivity contribution in [3.8, 4) is 17.2 Å². The van der Waals surface area contributed by atoms with Gasteiger partial charge in [-0.15, -0.1) is 24.0 Å². The SMILES string of the molecule is CCNC(=NCc1ccc(-c2ccccc2C#N)cc1)NCC.I. The molecule has 0 aliphatic carbocycles. The van der Waals surface area contributed by atoms with Gasteiger partial charge in [-0.1, -0.05) is 42.5 Å². The zero-order valence-corrected chi connectivity index (χ0v) is 16.4. The van der Waals surface area contributed by atoms with E-state index in [2.05, 4.69) is 33.8 Å². The van der Waals surface area contributed by atoms with E-state index in [1.807, 2.05) is 50.2 Å². The Morgan fingerprint density at radius 3 is 2.21 bits per heavy atom. The lowest BCUT2D eigenvalue weighted by Gasteiger charge is -2.09. The Bertz CT molecular complexity index is 694. The molecule has 0 radical (unpaired) electrons. The molecule has 5 heteroatoms. The van der Waals surface area contributed by atoms with E-state index in [0.717, 1.165) is 35.7 Å². The highest BCUT2D eigenvalue weighted by Crippen LogP contribution is 2.23. The molecule has 0 bridgehead atoms. The topological polar surface area (TPSA) is 60.2 Å². The molecule has 0 aromatic heterocycles. The number of hydrogen-bond acceptors (Lipinski definition) is 2. The van der Waals surface area contributed by atoms with Crippen molar-refractivity contribution in [3.63, 3.8) is 0 Å². The first kappa shape index (κ1) is 20.0. The summed E-state index contributed by atoms with van der Waals surface area (Å²) in [6.45, 7) is 6.41. The minimum absolute atomic E-state index is 0. The molecule has 0 atom stereocenters.